The van der Waals surface area contributed by atoms with Crippen molar-refractivity contribution in [1.82, 2.24) is 4.90 Å². The first-order valence-corrected chi connectivity index (χ1v) is 12.3. The molecule has 0 aliphatic carbocycles. The predicted molar refractivity (Wildman–Crippen MR) is 144 cm³/mol. The van der Waals surface area contributed by atoms with E-state index < -0.39 is 0 Å². The predicted octanol–water partition coefficient (Wildman–Crippen LogP) is 4.49. The molecule has 0 bridgehead atoms. The highest BCUT2D eigenvalue weighted by Crippen LogP contribution is 2.38. The summed E-state index contributed by atoms with van der Waals surface area (Å²) >= 11 is 0. The third-order valence-electron chi connectivity index (χ3n) is 6.59. The van der Waals surface area contributed by atoms with Gasteiger partial charge in [0.05, 0.1) is 21.3 Å². The first-order chi connectivity index (χ1) is 18.0. The Morgan fingerprint density at radius 3 is 1.89 bits per heavy atom. The van der Waals surface area contributed by atoms with Crippen LogP contribution in [0.1, 0.15) is 33.2 Å². The van der Waals surface area contributed by atoms with Gasteiger partial charge in [0.15, 0.2) is 11.5 Å². The van der Waals surface area contributed by atoms with Gasteiger partial charge >= 0.3 is 0 Å². The van der Waals surface area contributed by atoms with E-state index in [1.165, 1.54) is 26.9 Å². The van der Waals surface area contributed by atoms with Crippen LogP contribution < -0.4 is 24.4 Å². The minimum Gasteiger partial charge on any atom is -0.493 e. The van der Waals surface area contributed by atoms with Gasteiger partial charge < -0.3 is 29.3 Å². The number of rotatable bonds is 8. The van der Waals surface area contributed by atoms with E-state index in [9.17, 15) is 9.59 Å². The van der Waals surface area contributed by atoms with Gasteiger partial charge in [0.25, 0.3) is 11.8 Å². The van der Waals surface area contributed by atoms with Crippen LogP contribution in [0.2, 0.25) is 0 Å². The lowest BCUT2D eigenvalue weighted by molar-refractivity contribution is 0.0746. The highest BCUT2D eigenvalue weighted by molar-refractivity contribution is 6.05. The van der Waals surface area contributed by atoms with Gasteiger partial charge in [-0.2, -0.15) is 0 Å². The van der Waals surface area contributed by atoms with E-state index in [1.54, 1.807) is 12.1 Å². The van der Waals surface area contributed by atoms with Gasteiger partial charge in [-0.05, 0) is 60.5 Å². The zero-order chi connectivity index (χ0) is 26.4. The molecule has 3 aromatic carbocycles. The van der Waals surface area contributed by atoms with Crippen molar-refractivity contribution in [3.63, 3.8) is 0 Å². The minimum atomic E-state index is -0.286. The molecule has 1 heterocycles. The molecule has 0 radical (unpaired) electrons. The minimum absolute atomic E-state index is 0.0761. The van der Waals surface area contributed by atoms with E-state index in [0.717, 1.165) is 30.8 Å². The number of hydrogen-bond acceptors (Lipinski definition) is 6. The summed E-state index contributed by atoms with van der Waals surface area (Å²) in [4.78, 5) is 29.9. The summed E-state index contributed by atoms with van der Waals surface area (Å²) in [7, 11) is 4.54. The van der Waals surface area contributed by atoms with Crippen molar-refractivity contribution in [2.45, 2.75) is 13.3 Å². The molecule has 8 heteroatoms. The number of methoxy groups -OCH3 is 3. The summed E-state index contributed by atoms with van der Waals surface area (Å²) in [6.07, 6.45) is 0.959. The third kappa shape index (κ3) is 5.80. The normalized spacial score (nSPS) is 13.2. The van der Waals surface area contributed by atoms with Gasteiger partial charge in [-0.25, -0.2) is 0 Å². The molecule has 2 amide bonds. The fraction of sp³-hybridized carbons (Fsp3) is 0.310. The molecular formula is C29H33N3O5. The lowest BCUT2D eigenvalue weighted by Gasteiger charge is -2.36. The SMILES string of the molecule is CCc1ccc(C(=O)N2CCN(c3ccc(NC(=O)c4cc(OC)c(OC)c(OC)c4)cc3)CC2)cc1. The molecule has 1 aliphatic heterocycles. The van der Waals surface area contributed by atoms with Crippen molar-refractivity contribution in [3.8, 4) is 17.2 Å². The van der Waals surface area contributed by atoms with Gasteiger partial charge in [0.2, 0.25) is 5.75 Å². The van der Waals surface area contributed by atoms with Gasteiger partial charge in [-0.15, -0.1) is 0 Å². The first kappa shape index (κ1) is 25.9. The number of benzene rings is 3. The molecule has 1 saturated heterocycles. The Morgan fingerprint density at radius 2 is 1.38 bits per heavy atom. The Labute approximate surface area is 217 Å². The summed E-state index contributed by atoms with van der Waals surface area (Å²) in [5.74, 6) is 1.05. The number of carbonyl (C=O) groups excluding carboxylic acids is 2. The van der Waals surface area contributed by atoms with Crippen LogP contribution in [0.15, 0.2) is 60.7 Å². The number of carbonyl (C=O) groups is 2. The Balaban J connectivity index is 1.36. The zero-order valence-corrected chi connectivity index (χ0v) is 21.7. The van der Waals surface area contributed by atoms with E-state index in [0.29, 0.717) is 41.6 Å². The van der Waals surface area contributed by atoms with Gasteiger partial charge in [-0.3, -0.25) is 9.59 Å². The van der Waals surface area contributed by atoms with Crippen molar-refractivity contribution in [2.75, 3.05) is 57.7 Å². The lowest BCUT2D eigenvalue weighted by Crippen LogP contribution is -2.48. The molecule has 0 atom stereocenters. The Morgan fingerprint density at radius 1 is 0.784 bits per heavy atom. The van der Waals surface area contributed by atoms with E-state index in [4.69, 9.17) is 14.2 Å². The molecule has 0 aromatic heterocycles. The van der Waals surface area contributed by atoms with E-state index in [2.05, 4.69) is 17.1 Å². The summed E-state index contributed by atoms with van der Waals surface area (Å²) < 4.78 is 16.0. The van der Waals surface area contributed by atoms with Crippen LogP contribution in [-0.4, -0.2) is 64.2 Å². The zero-order valence-electron chi connectivity index (χ0n) is 21.7. The van der Waals surface area contributed by atoms with E-state index >= 15 is 0 Å². The van der Waals surface area contributed by atoms with Crippen molar-refractivity contribution >= 4 is 23.2 Å². The summed E-state index contributed by atoms with van der Waals surface area (Å²) in [6, 6.07) is 18.8. The van der Waals surface area contributed by atoms with Crippen LogP contribution in [0.5, 0.6) is 17.2 Å². The number of aryl methyl sites for hydroxylation is 1. The van der Waals surface area contributed by atoms with Crippen LogP contribution in [-0.2, 0) is 6.42 Å². The van der Waals surface area contributed by atoms with Crippen LogP contribution in [0.25, 0.3) is 0 Å². The van der Waals surface area contributed by atoms with E-state index in [1.807, 2.05) is 53.4 Å². The molecule has 1 fully saturated rings. The number of nitrogens with one attached hydrogen (secondary N) is 1. The lowest BCUT2D eigenvalue weighted by atomic mass is 10.1. The number of ether oxygens (including phenoxy) is 3. The third-order valence-corrected chi connectivity index (χ3v) is 6.59. The second-order valence-electron chi connectivity index (χ2n) is 8.74. The summed E-state index contributed by atoms with van der Waals surface area (Å²) in [6.45, 7) is 4.92. The molecular weight excluding hydrogens is 470 g/mol. The Hall–Kier alpha value is -4.20. The maximum atomic E-state index is 12.9. The van der Waals surface area contributed by atoms with Crippen LogP contribution in [0, 0.1) is 0 Å². The van der Waals surface area contributed by atoms with E-state index in [-0.39, 0.29) is 11.8 Å². The summed E-state index contributed by atoms with van der Waals surface area (Å²) in [5, 5.41) is 2.91. The average Bonchev–Trinajstić information content (AvgIpc) is 2.96. The largest absolute Gasteiger partial charge is 0.493 e. The quantitative estimate of drug-likeness (QED) is 0.488. The van der Waals surface area contributed by atoms with Crippen LogP contribution >= 0.6 is 0 Å². The van der Waals surface area contributed by atoms with Gasteiger partial charge in [-0.1, -0.05) is 19.1 Å². The second kappa shape index (κ2) is 11.7. The smallest absolute Gasteiger partial charge is 0.255 e. The molecule has 4 rings (SSSR count). The molecule has 8 nitrogen and oxygen atoms in total. The molecule has 0 saturated carbocycles. The molecule has 1 aliphatic rings. The van der Waals surface area contributed by atoms with Gasteiger partial charge in [0, 0.05) is 48.7 Å². The number of nitrogens with zero attached hydrogens (tertiary/aromatic N) is 2. The Kier molecular flexibility index (Phi) is 8.18. The van der Waals surface area contributed by atoms with Gasteiger partial charge in [0.1, 0.15) is 0 Å². The number of hydrogen-bond donors (Lipinski definition) is 1. The monoisotopic (exact) mass is 503 g/mol. The summed E-state index contributed by atoms with van der Waals surface area (Å²) in [5.41, 5.74) is 4.07. The molecule has 37 heavy (non-hydrogen) atoms. The first-order valence-electron chi connectivity index (χ1n) is 12.3. The molecule has 0 spiro atoms. The van der Waals surface area contributed by atoms with Crippen molar-refractivity contribution < 1.29 is 23.8 Å². The van der Waals surface area contributed by atoms with Crippen LogP contribution in [0.4, 0.5) is 11.4 Å². The molecule has 3 aromatic rings. The maximum absolute atomic E-state index is 12.9. The van der Waals surface area contributed by atoms with Crippen LogP contribution in [0.3, 0.4) is 0 Å². The van der Waals surface area contributed by atoms with Crippen molar-refractivity contribution in [3.05, 3.63) is 77.4 Å². The van der Waals surface area contributed by atoms with Crippen molar-refractivity contribution in [2.24, 2.45) is 0 Å². The maximum Gasteiger partial charge on any atom is 0.255 e. The fourth-order valence-electron chi connectivity index (χ4n) is 4.40. The Bertz CT molecular complexity index is 1210. The number of amides is 2. The highest BCUT2D eigenvalue weighted by Gasteiger charge is 2.22. The fourth-order valence-corrected chi connectivity index (χ4v) is 4.40. The molecule has 0 unspecified atom stereocenters. The number of piperazine rings is 1. The molecule has 1 N–H and O–H groups in total. The topological polar surface area (TPSA) is 80.3 Å². The standard InChI is InChI=1S/C29H33N3O5/c1-5-20-6-8-21(9-7-20)29(34)32-16-14-31(15-17-32)24-12-10-23(11-13-24)30-28(33)22-18-25(35-2)27(37-4)26(19-22)36-3/h6-13,18-19H,5,14-17H2,1-4H3,(H,30,33). The average molecular weight is 504 g/mol. The highest BCUT2D eigenvalue weighted by atomic mass is 16.5. The second-order valence-corrected chi connectivity index (χ2v) is 8.74. The molecule has 194 valence electrons. The number of anilines is 2. The van der Waals surface area contributed by atoms with Crippen molar-refractivity contribution in [1.29, 1.82) is 0 Å².